The van der Waals surface area contributed by atoms with Crippen LogP contribution in [0.2, 0.25) is 0 Å². The van der Waals surface area contributed by atoms with E-state index in [1.165, 1.54) is 16.7 Å². The molecule has 0 spiro atoms. The third kappa shape index (κ3) is 2.31. The molecule has 0 amide bonds. The molecular formula is C18H19ClO. The van der Waals surface area contributed by atoms with E-state index in [1.54, 1.807) is 0 Å². The summed E-state index contributed by atoms with van der Waals surface area (Å²) in [5.74, 6) is 1.32. The Morgan fingerprint density at radius 2 is 2.05 bits per heavy atom. The number of hydrogen-bond donors (Lipinski definition) is 0. The second-order valence-electron chi connectivity index (χ2n) is 5.39. The first-order valence-electron chi connectivity index (χ1n) is 7.16. The van der Waals surface area contributed by atoms with Gasteiger partial charge in [-0.25, -0.2) is 0 Å². The number of benzene rings is 2. The fourth-order valence-corrected chi connectivity index (χ4v) is 3.34. The van der Waals surface area contributed by atoms with E-state index >= 15 is 0 Å². The van der Waals surface area contributed by atoms with Crippen molar-refractivity contribution in [1.29, 1.82) is 0 Å². The number of aryl methyl sites for hydroxylation is 1. The third-order valence-electron chi connectivity index (χ3n) is 4.01. The van der Waals surface area contributed by atoms with Gasteiger partial charge in [-0.05, 0) is 37.5 Å². The maximum atomic E-state index is 6.77. The van der Waals surface area contributed by atoms with Gasteiger partial charge in [0.1, 0.15) is 5.75 Å². The van der Waals surface area contributed by atoms with Crippen LogP contribution in [0.1, 0.15) is 40.5 Å². The molecule has 2 heteroatoms. The molecule has 2 aromatic rings. The Labute approximate surface area is 125 Å². The van der Waals surface area contributed by atoms with Gasteiger partial charge >= 0.3 is 0 Å². The molecule has 2 aromatic carbocycles. The summed E-state index contributed by atoms with van der Waals surface area (Å²) in [6, 6.07) is 14.8. The molecule has 0 aliphatic heterocycles. The van der Waals surface area contributed by atoms with Gasteiger partial charge in [0.25, 0.3) is 0 Å². The first-order chi connectivity index (χ1) is 9.70. The maximum Gasteiger partial charge on any atom is 0.124 e. The van der Waals surface area contributed by atoms with E-state index in [-0.39, 0.29) is 5.38 Å². The van der Waals surface area contributed by atoms with Gasteiger partial charge < -0.3 is 4.74 Å². The van der Waals surface area contributed by atoms with Crippen molar-refractivity contribution >= 4 is 11.6 Å². The van der Waals surface area contributed by atoms with E-state index in [1.807, 2.05) is 13.0 Å². The minimum atomic E-state index is -0.0219. The lowest BCUT2D eigenvalue weighted by molar-refractivity contribution is 0.334. The van der Waals surface area contributed by atoms with Crippen LogP contribution in [0.25, 0.3) is 0 Å². The van der Waals surface area contributed by atoms with E-state index in [0.717, 1.165) is 17.7 Å². The Morgan fingerprint density at radius 3 is 2.80 bits per heavy atom. The molecule has 20 heavy (non-hydrogen) atoms. The number of fused-ring (bicyclic) bond motifs is 1. The van der Waals surface area contributed by atoms with E-state index in [0.29, 0.717) is 12.5 Å². The third-order valence-corrected chi connectivity index (χ3v) is 4.55. The van der Waals surface area contributed by atoms with E-state index in [9.17, 15) is 0 Å². The fourth-order valence-electron chi connectivity index (χ4n) is 2.95. The van der Waals surface area contributed by atoms with Crippen molar-refractivity contribution < 1.29 is 4.74 Å². The zero-order chi connectivity index (χ0) is 14.1. The standard InChI is InChI=1S/C18H19ClO/c1-3-20-17-9-8-12(2)10-16(17)18(19)15-11-13-6-4-5-7-14(13)15/h4-10,15,18H,3,11H2,1-2H3. The summed E-state index contributed by atoms with van der Waals surface area (Å²) < 4.78 is 5.74. The lowest BCUT2D eigenvalue weighted by Crippen LogP contribution is -2.21. The van der Waals surface area contributed by atoms with Gasteiger partial charge in [0, 0.05) is 11.5 Å². The first kappa shape index (κ1) is 13.5. The number of halogens is 1. The molecule has 2 atom stereocenters. The summed E-state index contributed by atoms with van der Waals surface area (Å²) in [6.45, 7) is 4.77. The van der Waals surface area contributed by atoms with Crippen LogP contribution in [0.5, 0.6) is 5.75 Å². The second-order valence-corrected chi connectivity index (χ2v) is 5.86. The average molecular weight is 287 g/mol. The van der Waals surface area contributed by atoms with Gasteiger partial charge in [0.15, 0.2) is 0 Å². The van der Waals surface area contributed by atoms with E-state index in [2.05, 4.69) is 43.3 Å². The molecule has 1 aliphatic carbocycles. The molecule has 1 aliphatic rings. The second kappa shape index (κ2) is 5.49. The highest BCUT2D eigenvalue weighted by Gasteiger charge is 2.33. The summed E-state index contributed by atoms with van der Waals surface area (Å²) in [6.07, 6.45) is 1.06. The lowest BCUT2D eigenvalue weighted by Gasteiger charge is -2.34. The predicted octanol–water partition coefficient (Wildman–Crippen LogP) is 5.01. The highest BCUT2D eigenvalue weighted by Crippen LogP contribution is 2.48. The van der Waals surface area contributed by atoms with Gasteiger partial charge in [-0.15, -0.1) is 11.6 Å². The summed E-state index contributed by atoms with van der Waals surface area (Å²) in [5.41, 5.74) is 5.15. The predicted molar refractivity (Wildman–Crippen MR) is 83.8 cm³/mol. The lowest BCUT2D eigenvalue weighted by atomic mass is 9.74. The molecule has 0 radical (unpaired) electrons. The largest absolute Gasteiger partial charge is 0.494 e. The molecule has 104 valence electrons. The molecule has 3 rings (SSSR count). The van der Waals surface area contributed by atoms with Crippen molar-refractivity contribution in [3.63, 3.8) is 0 Å². The van der Waals surface area contributed by atoms with Gasteiger partial charge in [-0.2, -0.15) is 0 Å². The van der Waals surface area contributed by atoms with Crippen LogP contribution in [0.15, 0.2) is 42.5 Å². The monoisotopic (exact) mass is 286 g/mol. The van der Waals surface area contributed by atoms with Crippen LogP contribution < -0.4 is 4.74 Å². The summed E-state index contributed by atoms with van der Waals surface area (Å²) in [5, 5.41) is -0.0219. The van der Waals surface area contributed by atoms with Crippen molar-refractivity contribution in [1.82, 2.24) is 0 Å². The Bertz CT molecular complexity index is 621. The van der Waals surface area contributed by atoms with Crippen LogP contribution >= 0.6 is 11.6 Å². The molecule has 0 bridgehead atoms. The Morgan fingerprint density at radius 1 is 1.25 bits per heavy atom. The summed E-state index contributed by atoms with van der Waals surface area (Å²) in [7, 11) is 0. The van der Waals surface area contributed by atoms with Crippen molar-refractivity contribution in [2.45, 2.75) is 31.6 Å². The van der Waals surface area contributed by atoms with Crippen LogP contribution in [0.3, 0.4) is 0 Å². The number of hydrogen-bond acceptors (Lipinski definition) is 1. The van der Waals surface area contributed by atoms with Crippen molar-refractivity contribution in [2.24, 2.45) is 0 Å². The van der Waals surface area contributed by atoms with Gasteiger partial charge in [0.05, 0.1) is 12.0 Å². The Kier molecular flexibility index (Phi) is 3.71. The fraction of sp³-hybridized carbons (Fsp3) is 0.333. The quantitative estimate of drug-likeness (QED) is 0.718. The minimum Gasteiger partial charge on any atom is -0.494 e. The van der Waals surface area contributed by atoms with Crippen LogP contribution in [0, 0.1) is 6.92 Å². The Balaban J connectivity index is 1.92. The first-order valence-corrected chi connectivity index (χ1v) is 7.59. The molecule has 0 fully saturated rings. The van der Waals surface area contributed by atoms with Gasteiger partial charge in [-0.1, -0.05) is 42.0 Å². The molecule has 0 saturated carbocycles. The highest BCUT2D eigenvalue weighted by atomic mass is 35.5. The number of alkyl halides is 1. The van der Waals surface area contributed by atoms with Crippen molar-refractivity contribution in [3.05, 3.63) is 64.7 Å². The van der Waals surface area contributed by atoms with Crippen LogP contribution in [0.4, 0.5) is 0 Å². The molecular weight excluding hydrogens is 268 g/mol. The highest BCUT2D eigenvalue weighted by molar-refractivity contribution is 6.21. The van der Waals surface area contributed by atoms with E-state index < -0.39 is 0 Å². The zero-order valence-electron chi connectivity index (χ0n) is 11.9. The van der Waals surface area contributed by atoms with Crippen molar-refractivity contribution in [2.75, 3.05) is 6.61 Å². The number of ether oxygens (including phenoxy) is 1. The molecule has 0 heterocycles. The van der Waals surface area contributed by atoms with E-state index in [4.69, 9.17) is 16.3 Å². The molecule has 0 aromatic heterocycles. The van der Waals surface area contributed by atoms with Gasteiger partial charge in [0.2, 0.25) is 0 Å². The molecule has 0 N–H and O–H groups in total. The summed E-state index contributed by atoms with van der Waals surface area (Å²) >= 11 is 6.77. The molecule has 1 nitrogen and oxygen atoms in total. The smallest absolute Gasteiger partial charge is 0.124 e. The SMILES string of the molecule is CCOc1ccc(C)cc1C(Cl)C1Cc2ccccc21. The average Bonchev–Trinajstić information content (AvgIpc) is 2.42. The zero-order valence-corrected chi connectivity index (χ0v) is 12.7. The molecule has 2 unspecified atom stereocenters. The summed E-state index contributed by atoms with van der Waals surface area (Å²) in [4.78, 5) is 0. The normalized spacial score (nSPS) is 18.1. The number of rotatable bonds is 4. The minimum absolute atomic E-state index is 0.0219. The topological polar surface area (TPSA) is 9.23 Å². The van der Waals surface area contributed by atoms with Crippen molar-refractivity contribution in [3.8, 4) is 5.75 Å². The van der Waals surface area contributed by atoms with Gasteiger partial charge in [-0.3, -0.25) is 0 Å². The maximum absolute atomic E-state index is 6.77. The van der Waals surface area contributed by atoms with Crippen LogP contribution in [-0.4, -0.2) is 6.61 Å². The van der Waals surface area contributed by atoms with Crippen LogP contribution in [-0.2, 0) is 6.42 Å². The molecule has 0 saturated heterocycles. The Hall–Kier alpha value is -1.47.